The van der Waals surface area contributed by atoms with E-state index in [-0.39, 0.29) is 24.5 Å². The molecule has 0 saturated heterocycles. The van der Waals surface area contributed by atoms with Gasteiger partial charge in [0.15, 0.2) is 18.2 Å². The maximum absolute atomic E-state index is 12.7. The van der Waals surface area contributed by atoms with E-state index in [4.69, 9.17) is 9.15 Å². The first-order valence-electron chi connectivity index (χ1n) is 9.29. The average Bonchev–Trinajstić information content (AvgIpc) is 3.07. The van der Waals surface area contributed by atoms with E-state index in [1.54, 1.807) is 30.3 Å². The fourth-order valence-corrected chi connectivity index (χ4v) is 3.31. The number of aromatic nitrogens is 1. The van der Waals surface area contributed by atoms with Crippen molar-refractivity contribution in [2.75, 3.05) is 19.0 Å². The van der Waals surface area contributed by atoms with Crippen LogP contribution in [0.2, 0.25) is 0 Å². The highest BCUT2D eigenvalue weighted by atomic mass is 16.5. The van der Waals surface area contributed by atoms with Crippen molar-refractivity contribution in [3.8, 4) is 5.75 Å². The van der Waals surface area contributed by atoms with Crippen LogP contribution in [0.3, 0.4) is 0 Å². The number of ether oxygens (including phenoxy) is 1. The van der Waals surface area contributed by atoms with Gasteiger partial charge in [0.25, 0.3) is 5.91 Å². The number of furan rings is 1. The van der Waals surface area contributed by atoms with Crippen LogP contribution in [-0.2, 0) is 9.59 Å². The van der Waals surface area contributed by atoms with Crippen molar-refractivity contribution in [1.29, 1.82) is 0 Å². The van der Waals surface area contributed by atoms with Crippen molar-refractivity contribution in [3.63, 3.8) is 0 Å². The Morgan fingerprint density at radius 3 is 2.93 bits per heavy atom. The zero-order valence-electron chi connectivity index (χ0n) is 16.4. The second-order valence-corrected chi connectivity index (χ2v) is 7.00. The van der Waals surface area contributed by atoms with E-state index >= 15 is 0 Å². The lowest BCUT2D eigenvalue weighted by Crippen LogP contribution is -2.28. The number of nitrogens with one attached hydrogen (secondary N) is 1. The molecule has 0 saturated carbocycles. The SMILES string of the molecule is Cc1c([C@@H](C)N(C)C(=O)C=Cc2cnc3c(c2)OCC(=O)N3)oc2ccccc12. The second-order valence-electron chi connectivity index (χ2n) is 7.00. The number of nitrogens with zero attached hydrogens (tertiary/aromatic N) is 2. The monoisotopic (exact) mass is 391 g/mol. The van der Waals surface area contributed by atoms with E-state index in [1.807, 2.05) is 38.1 Å². The summed E-state index contributed by atoms with van der Waals surface area (Å²) in [4.78, 5) is 29.8. The van der Waals surface area contributed by atoms with Crippen molar-refractivity contribution in [1.82, 2.24) is 9.88 Å². The molecule has 1 atom stereocenters. The average molecular weight is 391 g/mol. The van der Waals surface area contributed by atoms with Gasteiger partial charge in [0, 0.05) is 30.3 Å². The minimum atomic E-state index is -0.236. The van der Waals surface area contributed by atoms with Gasteiger partial charge in [-0.05, 0) is 37.6 Å². The lowest BCUT2D eigenvalue weighted by molar-refractivity contribution is -0.126. The summed E-state index contributed by atoms with van der Waals surface area (Å²) < 4.78 is 11.3. The third-order valence-electron chi connectivity index (χ3n) is 5.10. The molecule has 0 fully saturated rings. The number of carbonyl (C=O) groups excluding carboxylic acids is 2. The number of hydrogen-bond acceptors (Lipinski definition) is 5. The summed E-state index contributed by atoms with van der Waals surface area (Å²) in [6.45, 7) is 3.90. The van der Waals surface area contributed by atoms with E-state index in [0.717, 1.165) is 22.3 Å². The first-order valence-corrected chi connectivity index (χ1v) is 9.29. The standard InChI is InChI=1S/C22H21N3O4/c1-13-16-6-4-5-7-17(16)29-21(13)14(2)25(3)20(27)9-8-15-10-18-22(23-11-15)24-19(26)12-28-18/h4-11,14H,12H2,1-3H3,(H,23,24,26)/t14-/m1/s1. The highest BCUT2D eigenvalue weighted by Crippen LogP contribution is 2.32. The number of likely N-dealkylation sites (N-methyl/N-ethyl adjacent to an activating group) is 1. The van der Waals surface area contributed by atoms with Crippen LogP contribution in [0.25, 0.3) is 17.0 Å². The smallest absolute Gasteiger partial charge is 0.263 e. The van der Waals surface area contributed by atoms with Crippen molar-refractivity contribution >= 4 is 34.7 Å². The first-order chi connectivity index (χ1) is 13.9. The van der Waals surface area contributed by atoms with Gasteiger partial charge in [-0.1, -0.05) is 18.2 Å². The number of amides is 2. The minimum absolute atomic E-state index is 0.0438. The van der Waals surface area contributed by atoms with Crippen LogP contribution < -0.4 is 10.1 Å². The zero-order valence-corrected chi connectivity index (χ0v) is 16.4. The minimum Gasteiger partial charge on any atom is -0.480 e. The first kappa shape index (κ1) is 18.7. The molecule has 148 valence electrons. The number of anilines is 1. The molecule has 2 aromatic heterocycles. The van der Waals surface area contributed by atoms with Crippen LogP contribution >= 0.6 is 0 Å². The number of benzene rings is 1. The molecule has 1 N–H and O–H groups in total. The third-order valence-corrected chi connectivity index (χ3v) is 5.10. The number of aryl methyl sites for hydroxylation is 1. The van der Waals surface area contributed by atoms with Gasteiger partial charge >= 0.3 is 0 Å². The fraction of sp³-hybridized carbons (Fsp3) is 0.227. The van der Waals surface area contributed by atoms with E-state index in [9.17, 15) is 9.59 Å². The van der Waals surface area contributed by atoms with Crippen molar-refractivity contribution in [2.24, 2.45) is 0 Å². The zero-order chi connectivity index (χ0) is 20.5. The molecule has 0 radical (unpaired) electrons. The molecule has 7 nitrogen and oxygen atoms in total. The van der Waals surface area contributed by atoms with Gasteiger partial charge in [0.1, 0.15) is 11.3 Å². The maximum Gasteiger partial charge on any atom is 0.263 e. The lowest BCUT2D eigenvalue weighted by Gasteiger charge is -2.22. The van der Waals surface area contributed by atoms with Crippen LogP contribution in [0, 0.1) is 6.92 Å². The third kappa shape index (κ3) is 3.59. The van der Waals surface area contributed by atoms with Crippen LogP contribution in [0.15, 0.2) is 47.0 Å². The highest BCUT2D eigenvalue weighted by molar-refractivity contribution is 5.95. The Kier molecular flexibility index (Phi) is 4.80. The Morgan fingerprint density at radius 2 is 2.14 bits per heavy atom. The van der Waals surface area contributed by atoms with Gasteiger partial charge in [-0.2, -0.15) is 0 Å². The molecule has 4 rings (SSSR count). The molecule has 1 aromatic carbocycles. The maximum atomic E-state index is 12.7. The van der Waals surface area contributed by atoms with Gasteiger partial charge in [-0.3, -0.25) is 9.59 Å². The van der Waals surface area contributed by atoms with Gasteiger partial charge in [0.2, 0.25) is 5.91 Å². The lowest BCUT2D eigenvalue weighted by atomic mass is 10.1. The summed E-state index contributed by atoms with van der Waals surface area (Å²) >= 11 is 0. The molecule has 2 amide bonds. The molecule has 0 unspecified atom stereocenters. The van der Waals surface area contributed by atoms with Crippen molar-refractivity contribution < 1.29 is 18.7 Å². The molecule has 29 heavy (non-hydrogen) atoms. The molecule has 1 aliphatic rings. The number of rotatable bonds is 4. The van der Waals surface area contributed by atoms with Crippen molar-refractivity contribution in [2.45, 2.75) is 19.9 Å². The Hall–Kier alpha value is -3.61. The van der Waals surface area contributed by atoms with E-state index in [2.05, 4.69) is 10.3 Å². The van der Waals surface area contributed by atoms with Crippen LogP contribution in [0.4, 0.5) is 5.82 Å². The highest BCUT2D eigenvalue weighted by Gasteiger charge is 2.22. The predicted molar refractivity (Wildman–Crippen MR) is 110 cm³/mol. The summed E-state index contributed by atoms with van der Waals surface area (Å²) in [5.74, 6) is 1.24. The van der Waals surface area contributed by atoms with Crippen molar-refractivity contribution in [3.05, 3.63) is 59.5 Å². The van der Waals surface area contributed by atoms with Gasteiger partial charge in [0.05, 0.1) is 6.04 Å². The fourth-order valence-electron chi connectivity index (χ4n) is 3.31. The Morgan fingerprint density at radius 1 is 1.34 bits per heavy atom. The number of carbonyl (C=O) groups is 2. The van der Waals surface area contributed by atoms with Crippen LogP contribution in [0.5, 0.6) is 5.75 Å². The van der Waals surface area contributed by atoms with Gasteiger partial charge in [-0.15, -0.1) is 0 Å². The Balaban J connectivity index is 1.50. The Bertz CT molecular complexity index is 1130. The molecular weight excluding hydrogens is 370 g/mol. The molecular formula is C22H21N3O4. The summed E-state index contributed by atoms with van der Waals surface area (Å²) in [5.41, 5.74) is 2.56. The van der Waals surface area contributed by atoms with Crippen LogP contribution in [-0.4, -0.2) is 35.4 Å². The number of pyridine rings is 1. The number of fused-ring (bicyclic) bond motifs is 2. The quantitative estimate of drug-likeness (QED) is 0.686. The largest absolute Gasteiger partial charge is 0.480 e. The molecule has 0 spiro atoms. The molecule has 0 bridgehead atoms. The predicted octanol–water partition coefficient (Wildman–Crippen LogP) is 3.70. The Labute approximate surface area is 168 Å². The molecule has 3 aromatic rings. The van der Waals surface area contributed by atoms with E-state index < -0.39 is 0 Å². The van der Waals surface area contributed by atoms with Gasteiger partial charge < -0.3 is 19.4 Å². The van der Waals surface area contributed by atoms with Gasteiger partial charge in [-0.25, -0.2) is 4.98 Å². The molecule has 1 aliphatic heterocycles. The summed E-state index contributed by atoms with van der Waals surface area (Å²) in [6.07, 6.45) is 4.73. The summed E-state index contributed by atoms with van der Waals surface area (Å²) in [7, 11) is 1.74. The topological polar surface area (TPSA) is 84.7 Å². The summed E-state index contributed by atoms with van der Waals surface area (Å²) in [5, 5.41) is 3.69. The molecule has 3 heterocycles. The van der Waals surface area contributed by atoms with Crippen LogP contribution in [0.1, 0.15) is 29.9 Å². The summed E-state index contributed by atoms with van der Waals surface area (Å²) in [6, 6.07) is 9.35. The molecule has 0 aliphatic carbocycles. The number of para-hydroxylation sites is 1. The van der Waals surface area contributed by atoms with E-state index in [0.29, 0.717) is 17.1 Å². The van der Waals surface area contributed by atoms with E-state index in [1.165, 1.54) is 6.08 Å². The number of hydrogen-bond donors (Lipinski definition) is 1. The normalized spacial score (nSPS) is 14.4. The second kappa shape index (κ2) is 7.43. The molecule has 7 heteroatoms.